The fourth-order valence-corrected chi connectivity index (χ4v) is 3.57. The zero-order valence-corrected chi connectivity index (χ0v) is 13.4. The van der Waals surface area contributed by atoms with E-state index in [2.05, 4.69) is 24.3 Å². The number of rotatable bonds is 2. The van der Waals surface area contributed by atoms with Gasteiger partial charge in [0, 0.05) is 11.1 Å². The molecule has 0 saturated carbocycles. The van der Waals surface area contributed by atoms with Crippen molar-refractivity contribution in [2.24, 2.45) is 0 Å². The van der Waals surface area contributed by atoms with E-state index in [1.807, 2.05) is 42.5 Å². The molecule has 0 aliphatic carbocycles. The third kappa shape index (κ3) is 2.09. The van der Waals surface area contributed by atoms with E-state index >= 15 is 0 Å². The number of hydrogen-bond acceptors (Lipinski definition) is 3. The average molecular weight is 326 g/mol. The van der Waals surface area contributed by atoms with Gasteiger partial charge in [0.15, 0.2) is 17.8 Å². The molecule has 4 aromatic rings. The van der Waals surface area contributed by atoms with Crippen molar-refractivity contribution in [3.05, 3.63) is 72.3 Å². The number of aldehydes is 1. The van der Waals surface area contributed by atoms with Crippen LogP contribution in [0.5, 0.6) is 11.5 Å². The third-order valence-electron chi connectivity index (χ3n) is 4.73. The van der Waals surface area contributed by atoms with Gasteiger partial charge in [0.25, 0.3) is 0 Å². The van der Waals surface area contributed by atoms with Crippen LogP contribution in [0.15, 0.2) is 66.7 Å². The molecule has 0 saturated heterocycles. The minimum atomic E-state index is 0.232. The van der Waals surface area contributed by atoms with Crippen LogP contribution in [0.2, 0.25) is 0 Å². The van der Waals surface area contributed by atoms with E-state index < -0.39 is 0 Å². The Morgan fingerprint density at radius 2 is 1.56 bits per heavy atom. The quantitative estimate of drug-likeness (QED) is 0.475. The van der Waals surface area contributed by atoms with Crippen LogP contribution in [0.3, 0.4) is 0 Å². The molecule has 25 heavy (non-hydrogen) atoms. The van der Waals surface area contributed by atoms with Crippen LogP contribution in [-0.2, 0) is 0 Å². The van der Waals surface area contributed by atoms with E-state index in [0.717, 1.165) is 50.5 Å². The molecule has 4 aromatic carbocycles. The zero-order chi connectivity index (χ0) is 16.8. The molecule has 0 N–H and O–H groups in total. The maximum atomic E-state index is 11.8. The number of carbonyl (C=O) groups is 1. The molecule has 0 spiro atoms. The molecule has 0 atom stereocenters. The Hall–Kier alpha value is -3.33. The molecule has 120 valence electrons. The van der Waals surface area contributed by atoms with Gasteiger partial charge in [-0.2, -0.15) is 0 Å². The molecule has 1 aliphatic heterocycles. The van der Waals surface area contributed by atoms with Gasteiger partial charge in [0.2, 0.25) is 6.79 Å². The number of benzene rings is 4. The van der Waals surface area contributed by atoms with Crippen LogP contribution in [-0.4, -0.2) is 13.1 Å². The van der Waals surface area contributed by atoms with Crippen molar-refractivity contribution in [1.29, 1.82) is 0 Å². The summed E-state index contributed by atoms with van der Waals surface area (Å²) in [5.74, 6) is 1.47. The first-order chi connectivity index (χ1) is 12.3. The highest BCUT2D eigenvalue weighted by Gasteiger charge is 2.18. The van der Waals surface area contributed by atoms with Gasteiger partial charge >= 0.3 is 0 Å². The molecular formula is C22H14O3. The summed E-state index contributed by atoms with van der Waals surface area (Å²) in [7, 11) is 0. The highest BCUT2D eigenvalue weighted by Crippen LogP contribution is 2.42. The molecule has 3 nitrogen and oxygen atoms in total. The molecule has 0 amide bonds. The first kappa shape index (κ1) is 14.1. The predicted molar refractivity (Wildman–Crippen MR) is 98.4 cm³/mol. The lowest BCUT2D eigenvalue weighted by molar-refractivity contribution is 0.112. The Bertz CT molecular complexity index is 1140. The van der Waals surface area contributed by atoms with Crippen LogP contribution >= 0.6 is 0 Å². The summed E-state index contributed by atoms with van der Waals surface area (Å²) in [5, 5.41) is 4.29. The van der Waals surface area contributed by atoms with Gasteiger partial charge in [-0.1, -0.05) is 54.6 Å². The summed E-state index contributed by atoms with van der Waals surface area (Å²) < 4.78 is 11.0. The van der Waals surface area contributed by atoms with Gasteiger partial charge in [-0.25, -0.2) is 0 Å². The largest absolute Gasteiger partial charge is 0.454 e. The van der Waals surface area contributed by atoms with Crippen LogP contribution in [0.1, 0.15) is 10.4 Å². The Morgan fingerprint density at radius 3 is 2.44 bits per heavy atom. The smallest absolute Gasteiger partial charge is 0.231 e. The second-order valence-corrected chi connectivity index (χ2v) is 6.10. The van der Waals surface area contributed by atoms with E-state index in [0.29, 0.717) is 5.56 Å². The van der Waals surface area contributed by atoms with E-state index in [4.69, 9.17) is 9.47 Å². The molecule has 0 fully saturated rings. The molecule has 1 aliphatic rings. The van der Waals surface area contributed by atoms with E-state index in [9.17, 15) is 4.79 Å². The van der Waals surface area contributed by atoms with Crippen LogP contribution in [0, 0.1) is 0 Å². The maximum Gasteiger partial charge on any atom is 0.231 e. The fourth-order valence-electron chi connectivity index (χ4n) is 3.57. The number of fused-ring (bicyclic) bond motifs is 3. The first-order valence-corrected chi connectivity index (χ1v) is 8.15. The molecule has 5 rings (SSSR count). The molecule has 0 unspecified atom stereocenters. The second-order valence-electron chi connectivity index (χ2n) is 6.10. The highest BCUT2D eigenvalue weighted by atomic mass is 16.7. The lowest BCUT2D eigenvalue weighted by Gasteiger charge is -2.13. The molecule has 0 bridgehead atoms. The maximum absolute atomic E-state index is 11.8. The summed E-state index contributed by atoms with van der Waals surface area (Å²) in [6.45, 7) is 0.232. The number of hydrogen-bond donors (Lipinski definition) is 0. The van der Waals surface area contributed by atoms with Gasteiger partial charge in [-0.3, -0.25) is 4.79 Å². The molecule has 3 heteroatoms. The van der Waals surface area contributed by atoms with E-state index in [1.54, 1.807) is 0 Å². The fraction of sp³-hybridized carbons (Fsp3) is 0.0455. The molecule has 1 heterocycles. The highest BCUT2D eigenvalue weighted by molar-refractivity contribution is 6.11. The normalized spacial score (nSPS) is 12.6. The van der Waals surface area contributed by atoms with Crippen molar-refractivity contribution in [2.45, 2.75) is 0 Å². The summed E-state index contributed by atoms with van der Waals surface area (Å²) in [6, 6.07) is 22.2. The number of carbonyl (C=O) groups excluding carboxylic acids is 1. The second kappa shape index (κ2) is 5.35. The lowest BCUT2D eigenvalue weighted by Crippen LogP contribution is -1.92. The van der Waals surface area contributed by atoms with Crippen molar-refractivity contribution in [2.75, 3.05) is 6.79 Å². The van der Waals surface area contributed by atoms with Crippen LogP contribution < -0.4 is 9.47 Å². The van der Waals surface area contributed by atoms with Gasteiger partial charge in [-0.05, 0) is 39.2 Å². The standard InChI is InChI=1S/C22H14O3/c23-12-16-9-8-15-10-20-21(25-13-24-20)11-19(15)22(16)18-7-3-5-14-4-1-2-6-17(14)18/h1-12H,13H2. The summed E-state index contributed by atoms with van der Waals surface area (Å²) in [6.07, 6.45) is 0.918. The van der Waals surface area contributed by atoms with Gasteiger partial charge in [0.05, 0.1) is 0 Å². The van der Waals surface area contributed by atoms with Crippen molar-refractivity contribution in [3.63, 3.8) is 0 Å². The van der Waals surface area contributed by atoms with Crippen molar-refractivity contribution in [3.8, 4) is 22.6 Å². The minimum Gasteiger partial charge on any atom is -0.454 e. The van der Waals surface area contributed by atoms with E-state index in [1.165, 1.54) is 0 Å². The van der Waals surface area contributed by atoms with Crippen molar-refractivity contribution < 1.29 is 14.3 Å². The van der Waals surface area contributed by atoms with Crippen molar-refractivity contribution in [1.82, 2.24) is 0 Å². The van der Waals surface area contributed by atoms with Gasteiger partial charge < -0.3 is 9.47 Å². The summed E-state index contributed by atoms with van der Waals surface area (Å²) >= 11 is 0. The van der Waals surface area contributed by atoms with Gasteiger partial charge in [0.1, 0.15) is 0 Å². The molecule has 0 aromatic heterocycles. The lowest BCUT2D eigenvalue weighted by atomic mass is 9.90. The Labute approximate surface area is 144 Å². The van der Waals surface area contributed by atoms with Crippen molar-refractivity contribution >= 4 is 27.8 Å². The summed E-state index contributed by atoms with van der Waals surface area (Å²) in [4.78, 5) is 11.8. The van der Waals surface area contributed by atoms with Crippen LogP contribution in [0.4, 0.5) is 0 Å². The SMILES string of the molecule is O=Cc1ccc2cc3c(cc2c1-c1cccc2ccccc12)OCO3. The minimum absolute atomic E-state index is 0.232. The Morgan fingerprint density at radius 1 is 0.760 bits per heavy atom. The molecule has 0 radical (unpaired) electrons. The monoisotopic (exact) mass is 326 g/mol. The first-order valence-electron chi connectivity index (χ1n) is 8.15. The topological polar surface area (TPSA) is 35.5 Å². The molecular weight excluding hydrogens is 312 g/mol. The predicted octanol–water partition coefficient (Wildman–Crippen LogP) is 5.20. The van der Waals surface area contributed by atoms with Crippen LogP contribution in [0.25, 0.3) is 32.7 Å². The number of ether oxygens (including phenoxy) is 2. The van der Waals surface area contributed by atoms with Gasteiger partial charge in [-0.15, -0.1) is 0 Å². The van der Waals surface area contributed by atoms with E-state index in [-0.39, 0.29) is 6.79 Å². The zero-order valence-electron chi connectivity index (χ0n) is 13.4. The average Bonchev–Trinajstić information content (AvgIpc) is 3.12. The Balaban J connectivity index is 1.92. The third-order valence-corrected chi connectivity index (χ3v) is 4.73. The Kier molecular flexibility index (Phi) is 3.01. The summed E-state index contributed by atoms with van der Waals surface area (Å²) in [5.41, 5.74) is 2.65.